The molecule has 2 aromatic rings. The van der Waals surface area contributed by atoms with Gasteiger partial charge >= 0.3 is 5.82 Å². The maximum absolute atomic E-state index is 13.3. The number of nitro groups is 1. The highest BCUT2D eigenvalue weighted by Gasteiger charge is 2.20. The van der Waals surface area contributed by atoms with E-state index >= 15 is 0 Å². The number of halogens is 2. The predicted molar refractivity (Wildman–Crippen MR) is 74.0 cm³/mol. The van der Waals surface area contributed by atoms with Gasteiger partial charge in [0.05, 0.1) is 0 Å². The Morgan fingerprint density at radius 1 is 1.45 bits per heavy atom. The van der Waals surface area contributed by atoms with Crippen LogP contribution >= 0.6 is 15.9 Å². The molecule has 1 atom stereocenters. The zero-order valence-electron chi connectivity index (χ0n) is 10.4. The number of benzene rings is 1. The fraction of sp³-hybridized carbons (Fsp3) is 0.154. The summed E-state index contributed by atoms with van der Waals surface area (Å²) >= 11 is 3.30. The van der Waals surface area contributed by atoms with Crippen LogP contribution in [-0.2, 0) is 0 Å². The van der Waals surface area contributed by atoms with Crippen molar-refractivity contribution in [3.05, 3.63) is 62.5 Å². The molecular weight excluding hydrogens is 331 g/mol. The van der Waals surface area contributed by atoms with Crippen molar-refractivity contribution in [3.8, 4) is 5.75 Å². The maximum Gasteiger partial charge on any atom is 0.406 e. The molecule has 7 heteroatoms. The Balaban J connectivity index is 2.30. The minimum Gasteiger partial charge on any atom is -0.478 e. The maximum atomic E-state index is 13.3. The molecule has 0 aliphatic rings. The van der Waals surface area contributed by atoms with Crippen LogP contribution in [0.3, 0.4) is 0 Å². The summed E-state index contributed by atoms with van der Waals surface area (Å²) in [5, 5.41) is 10.9. The van der Waals surface area contributed by atoms with Crippen molar-refractivity contribution in [3.63, 3.8) is 0 Å². The summed E-state index contributed by atoms with van der Waals surface area (Å²) in [5.41, 5.74) is 0.558. The lowest BCUT2D eigenvalue weighted by Gasteiger charge is -2.16. The van der Waals surface area contributed by atoms with E-state index in [4.69, 9.17) is 4.74 Å². The van der Waals surface area contributed by atoms with Crippen molar-refractivity contribution < 1.29 is 14.1 Å². The second kappa shape index (κ2) is 5.96. The smallest absolute Gasteiger partial charge is 0.406 e. The van der Waals surface area contributed by atoms with Crippen LogP contribution in [0.2, 0.25) is 0 Å². The van der Waals surface area contributed by atoms with Crippen LogP contribution in [0.25, 0.3) is 0 Å². The molecule has 0 amide bonds. The van der Waals surface area contributed by atoms with Gasteiger partial charge in [-0.15, -0.1) is 0 Å². The van der Waals surface area contributed by atoms with E-state index in [-0.39, 0.29) is 11.6 Å². The summed E-state index contributed by atoms with van der Waals surface area (Å²) < 4.78 is 19.4. The number of aromatic nitrogens is 1. The molecular formula is C13H10BrFN2O3. The topological polar surface area (TPSA) is 65.3 Å². The Hall–Kier alpha value is -2.02. The summed E-state index contributed by atoms with van der Waals surface area (Å²) in [7, 11) is 0. The lowest BCUT2D eigenvalue weighted by molar-refractivity contribution is -0.390. The third-order valence-electron chi connectivity index (χ3n) is 2.62. The summed E-state index contributed by atoms with van der Waals surface area (Å²) in [6.07, 6.45) is 0.747. The summed E-state index contributed by atoms with van der Waals surface area (Å²) in [6, 6.07) is 7.18. The van der Waals surface area contributed by atoms with Crippen molar-refractivity contribution >= 4 is 21.7 Å². The van der Waals surface area contributed by atoms with E-state index in [9.17, 15) is 14.5 Å². The van der Waals surface area contributed by atoms with Crippen molar-refractivity contribution in [2.24, 2.45) is 0 Å². The largest absolute Gasteiger partial charge is 0.478 e. The summed E-state index contributed by atoms with van der Waals surface area (Å²) in [4.78, 5) is 13.9. The standard InChI is InChI=1S/C13H10BrFN2O3/c1-8(10-7-9(15)4-5-11(10)14)20-12-3-2-6-16-13(12)17(18)19/h2-8H,1H3/t8-/m1/s1. The molecule has 0 saturated carbocycles. The first-order valence-electron chi connectivity index (χ1n) is 5.70. The van der Waals surface area contributed by atoms with Gasteiger partial charge in [0.25, 0.3) is 0 Å². The molecule has 0 spiro atoms. The zero-order valence-corrected chi connectivity index (χ0v) is 12.0. The minimum atomic E-state index is -0.622. The van der Waals surface area contributed by atoms with E-state index in [0.717, 1.165) is 0 Å². The second-order valence-electron chi connectivity index (χ2n) is 4.01. The first-order valence-corrected chi connectivity index (χ1v) is 6.49. The van der Waals surface area contributed by atoms with Crippen LogP contribution < -0.4 is 4.74 Å². The van der Waals surface area contributed by atoms with Gasteiger partial charge in [-0.25, -0.2) is 4.39 Å². The lowest BCUT2D eigenvalue weighted by Crippen LogP contribution is -2.06. The molecule has 0 N–H and O–H groups in total. The Bertz CT molecular complexity index is 651. The SMILES string of the molecule is C[C@@H](Oc1cccnc1[N+](=O)[O-])c1cc(F)ccc1Br. The average molecular weight is 341 g/mol. The fourth-order valence-electron chi connectivity index (χ4n) is 1.69. The molecule has 5 nitrogen and oxygen atoms in total. The molecule has 0 saturated heterocycles. The third kappa shape index (κ3) is 3.11. The van der Waals surface area contributed by atoms with Gasteiger partial charge < -0.3 is 14.9 Å². The molecule has 0 fully saturated rings. The van der Waals surface area contributed by atoms with Gasteiger partial charge in [-0.2, -0.15) is 0 Å². The van der Waals surface area contributed by atoms with Gasteiger partial charge in [-0.05, 0) is 47.2 Å². The van der Waals surface area contributed by atoms with Crippen LogP contribution in [0.15, 0.2) is 41.0 Å². The molecule has 1 aromatic carbocycles. The summed E-state index contributed by atoms with van der Waals surface area (Å²) in [5.74, 6) is -0.729. The quantitative estimate of drug-likeness (QED) is 0.622. The van der Waals surface area contributed by atoms with Gasteiger partial charge in [-0.1, -0.05) is 15.9 Å². The predicted octanol–water partition coefficient (Wildman–Crippen LogP) is 4.03. The molecule has 1 heterocycles. The highest BCUT2D eigenvalue weighted by Crippen LogP contribution is 2.31. The van der Waals surface area contributed by atoms with Gasteiger partial charge in [0.15, 0.2) is 0 Å². The average Bonchev–Trinajstić information content (AvgIpc) is 2.41. The molecule has 2 rings (SSSR count). The van der Waals surface area contributed by atoms with Crippen LogP contribution in [-0.4, -0.2) is 9.91 Å². The first-order chi connectivity index (χ1) is 9.49. The number of rotatable bonds is 4. The van der Waals surface area contributed by atoms with Crippen molar-refractivity contribution in [2.45, 2.75) is 13.0 Å². The second-order valence-corrected chi connectivity index (χ2v) is 4.86. The van der Waals surface area contributed by atoms with E-state index in [1.165, 1.54) is 30.5 Å². The van der Waals surface area contributed by atoms with Crippen molar-refractivity contribution in [1.29, 1.82) is 0 Å². The van der Waals surface area contributed by atoms with E-state index < -0.39 is 16.8 Å². The Morgan fingerprint density at radius 2 is 2.20 bits per heavy atom. The van der Waals surface area contributed by atoms with Crippen LogP contribution in [0.4, 0.5) is 10.2 Å². The van der Waals surface area contributed by atoms with Crippen molar-refractivity contribution in [2.75, 3.05) is 0 Å². The van der Waals surface area contributed by atoms with Crippen LogP contribution in [0.1, 0.15) is 18.6 Å². The Kier molecular flexibility index (Phi) is 4.29. The highest BCUT2D eigenvalue weighted by atomic mass is 79.9. The monoisotopic (exact) mass is 340 g/mol. The lowest BCUT2D eigenvalue weighted by atomic mass is 10.1. The first kappa shape index (κ1) is 14.4. The number of hydrogen-bond donors (Lipinski definition) is 0. The molecule has 0 bridgehead atoms. The van der Waals surface area contributed by atoms with Gasteiger partial charge in [-0.3, -0.25) is 0 Å². The minimum absolute atomic E-state index is 0.0427. The van der Waals surface area contributed by atoms with E-state index in [2.05, 4.69) is 20.9 Å². The molecule has 104 valence electrons. The van der Waals surface area contributed by atoms with E-state index in [1.807, 2.05) is 0 Å². The normalized spacial score (nSPS) is 11.9. The Morgan fingerprint density at radius 3 is 2.90 bits per heavy atom. The molecule has 0 radical (unpaired) electrons. The highest BCUT2D eigenvalue weighted by molar-refractivity contribution is 9.10. The van der Waals surface area contributed by atoms with Crippen LogP contribution in [0, 0.1) is 15.9 Å². The number of nitrogens with zero attached hydrogens (tertiary/aromatic N) is 2. The van der Waals surface area contributed by atoms with Gasteiger partial charge in [0.1, 0.15) is 18.1 Å². The molecule has 20 heavy (non-hydrogen) atoms. The van der Waals surface area contributed by atoms with E-state index in [0.29, 0.717) is 10.0 Å². The molecule has 0 aliphatic carbocycles. The van der Waals surface area contributed by atoms with E-state index in [1.54, 1.807) is 13.0 Å². The fourth-order valence-corrected chi connectivity index (χ4v) is 2.26. The van der Waals surface area contributed by atoms with Gasteiger partial charge in [0.2, 0.25) is 5.75 Å². The van der Waals surface area contributed by atoms with Crippen LogP contribution in [0.5, 0.6) is 5.75 Å². The molecule has 0 unspecified atom stereocenters. The number of ether oxygens (including phenoxy) is 1. The van der Waals surface area contributed by atoms with Gasteiger partial charge in [0, 0.05) is 10.0 Å². The molecule has 1 aromatic heterocycles. The third-order valence-corrected chi connectivity index (χ3v) is 3.35. The number of pyridine rings is 1. The molecule has 0 aliphatic heterocycles. The zero-order chi connectivity index (χ0) is 14.7. The van der Waals surface area contributed by atoms with Crippen molar-refractivity contribution in [1.82, 2.24) is 4.98 Å². The number of hydrogen-bond acceptors (Lipinski definition) is 4. The Labute approximate surface area is 122 Å². The summed E-state index contributed by atoms with van der Waals surface area (Å²) in [6.45, 7) is 1.68.